The molecule has 0 aliphatic heterocycles. The van der Waals surface area contributed by atoms with E-state index in [1.165, 1.54) is 0 Å². The Labute approximate surface area is 175 Å². The summed E-state index contributed by atoms with van der Waals surface area (Å²) in [5, 5.41) is 14.6. The third kappa shape index (κ3) is 5.46. The van der Waals surface area contributed by atoms with Crippen molar-refractivity contribution in [3.63, 3.8) is 0 Å². The monoisotopic (exact) mass is 399 g/mol. The molecule has 0 bridgehead atoms. The molecule has 6 heteroatoms. The number of carbonyl (C=O) groups is 2. The van der Waals surface area contributed by atoms with Crippen LogP contribution in [0, 0.1) is 11.3 Å². The van der Waals surface area contributed by atoms with E-state index in [-0.39, 0.29) is 11.8 Å². The van der Waals surface area contributed by atoms with Crippen LogP contribution in [0.25, 0.3) is 0 Å². The van der Waals surface area contributed by atoms with Crippen LogP contribution in [0.4, 0.5) is 5.69 Å². The van der Waals surface area contributed by atoms with Gasteiger partial charge in [-0.2, -0.15) is 5.26 Å². The van der Waals surface area contributed by atoms with Crippen LogP contribution in [-0.4, -0.2) is 25.5 Å². The molecule has 0 aliphatic rings. The van der Waals surface area contributed by atoms with E-state index in [2.05, 4.69) is 10.6 Å². The second-order valence-electron chi connectivity index (χ2n) is 6.58. The zero-order valence-corrected chi connectivity index (χ0v) is 16.5. The number of amides is 2. The molecule has 0 fully saturated rings. The van der Waals surface area contributed by atoms with Crippen LogP contribution in [-0.2, 0) is 6.42 Å². The Balaban J connectivity index is 1.58. The zero-order valence-electron chi connectivity index (χ0n) is 16.5. The van der Waals surface area contributed by atoms with Gasteiger partial charge in [-0.15, -0.1) is 0 Å². The maximum atomic E-state index is 12.5. The van der Waals surface area contributed by atoms with Gasteiger partial charge in [0.1, 0.15) is 5.75 Å². The molecule has 0 aromatic heterocycles. The second-order valence-corrected chi connectivity index (χ2v) is 6.58. The number of anilines is 1. The van der Waals surface area contributed by atoms with Gasteiger partial charge in [-0.3, -0.25) is 9.59 Å². The molecule has 0 saturated carbocycles. The number of nitrogens with one attached hydrogen (secondary N) is 2. The molecular weight excluding hydrogens is 378 g/mol. The van der Waals surface area contributed by atoms with Crippen LogP contribution in [0.15, 0.2) is 72.8 Å². The summed E-state index contributed by atoms with van der Waals surface area (Å²) in [5.74, 6) is 0.194. The molecule has 0 aliphatic carbocycles. The standard InChI is InChI=1S/C24H21N3O3/c1-30-22-10-8-17(9-11-22)12-13-26-23(28)19-5-3-6-20(15-19)24(29)27-21-7-2-4-18(14-21)16-25/h2-11,14-15H,12-13H2,1H3,(H,26,28)(H,27,29). The number of nitriles is 1. The van der Waals surface area contributed by atoms with Gasteiger partial charge < -0.3 is 15.4 Å². The maximum Gasteiger partial charge on any atom is 0.255 e. The highest BCUT2D eigenvalue weighted by Crippen LogP contribution is 2.14. The summed E-state index contributed by atoms with van der Waals surface area (Å²) in [5.41, 5.74) is 2.83. The normalized spacial score (nSPS) is 10.0. The molecule has 0 heterocycles. The summed E-state index contributed by atoms with van der Waals surface area (Å²) in [6.07, 6.45) is 0.686. The quantitative estimate of drug-likeness (QED) is 0.632. The summed E-state index contributed by atoms with van der Waals surface area (Å²) in [6, 6.07) is 22.9. The first kappa shape index (κ1) is 20.6. The number of benzene rings is 3. The Kier molecular flexibility index (Phi) is 6.80. The molecule has 0 radical (unpaired) electrons. The molecule has 150 valence electrons. The van der Waals surface area contributed by atoms with Gasteiger partial charge in [-0.05, 0) is 60.5 Å². The van der Waals surface area contributed by atoms with Crippen molar-refractivity contribution in [1.82, 2.24) is 5.32 Å². The lowest BCUT2D eigenvalue weighted by atomic mass is 10.1. The molecule has 30 heavy (non-hydrogen) atoms. The van der Waals surface area contributed by atoms with E-state index in [4.69, 9.17) is 10.00 Å². The molecule has 0 unspecified atom stereocenters. The van der Waals surface area contributed by atoms with E-state index in [0.29, 0.717) is 35.3 Å². The summed E-state index contributed by atoms with van der Waals surface area (Å²) in [6.45, 7) is 0.475. The maximum absolute atomic E-state index is 12.5. The van der Waals surface area contributed by atoms with E-state index < -0.39 is 0 Å². The lowest BCUT2D eigenvalue weighted by Gasteiger charge is -2.09. The van der Waals surface area contributed by atoms with Crippen molar-refractivity contribution >= 4 is 17.5 Å². The molecule has 3 aromatic carbocycles. The van der Waals surface area contributed by atoms with Crippen LogP contribution < -0.4 is 15.4 Å². The molecule has 3 rings (SSSR count). The van der Waals surface area contributed by atoms with Gasteiger partial charge in [-0.1, -0.05) is 24.3 Å². The van der Waals surface area contributed by atoms with Gasteiger partial charge in [0.2, 0.25) is 0 Å². The summed E-state index contributed by atoms with van der Waals surface area (Å²) < 4.78 is 5.13. The highest BCUT2D eigenvalue weighted by Gasteiger charge is 2.11. The van der Waals surface area contributed by atoms with Crippen LogP contribution in [0.2, 0.25) is 0 Å². The molecular formula is C24H21N3O3. The van der Waals surface area contributed by atoms with Gasteiger partial charge in [0.25, 0.3) is 11.8 Å². The predicted octanol–water partition coefficient (Wildman–Crippen LogP) is 3.79. The lowest BCUT2D eigenvalue weighted by Crippen LogP contribution is -2.26. The summed E-state index contributed by atoms with van der Waals surface area (Å²) in [7, 11) is 1.62. The Hall–Kier alpha value is -4.11. The van der Waals surface area contributed by atoms with E-state index in [9.17, 15) is 9.59 Å². The van der Waals surface area contributed by atoms with Crippen LogP contribution >= 0.6 is 0 Å². The van der Waals surface area contributed by atoms with Gasteiger partial charge in [0.05, 0.1) is 18.7 Å². The van der Waals surface area contributed by atoms with Gasteiger partial charge in [0, 0.05) is 23.4 Å². The molecule has 2 N–H and O–H groups in total. The lowest BCUT2D eigenvalue weighted by molar-refractivity contribution is 0.0954. The van der Waals surface area contributed by atoms with Crippen LogP contribution in [0.5, 0.6) is 5.75 Å². The van der Waals surface area contributed by atoms with Gasteiger partial charge in [0.15, 0.2) is 0 Å². The fourth-order valence-electron chi connectivity index (χ4n) is 2.89. The number of hydrogen-bond acceptors (Lipinski definition) is 4. The topological polar surface area (TPSA) is 91.2 Å². The minimum absolute atomic E-state index is 0.246. The first-order valence-corrected chi connectivity index (χ1v) is 9.42. The third-order valence-electron chi connectivity index (χ3n) is 4.49. The molecule has 0 spiro atoms. The average Bonchev–Trinajstić information content (AvgIpc) is 2.79. The number of rotatable bonds is 7. The Morgan fingerprint density at radius 3 is 2.33 bits per heavy atom. The van der Waals surface area contributed by atoms with Crippen molar-refractivity contribution in [2.75, 3.05) is 19.0 Å². The molecule has 2 amide bonds. The van der Waals surface area contributed by atoms with Gasteiger partial charge >= 0.3 is 0 Å². The van der Waals surface area contributed by atoms with Crippen LogP contribution in [0.1, 0.15) is 31.8 Å². The second kappa shape index (κ2) is 9.89. The van der Waals surface area contributed by atoms with Crippen molar-refractivity contribution in [3.05, 3.63) is 95.1 Å². The largest absolute Gasteiger partial charge is 0.497 e. The number of methoxy groups -OCH3 is 1. The zero-order chi connectivity index (χ0) is 21.3. The highest BCUT2D eigenvalue weighted by molar-refractivity contribution is 6.06. The summed E-state index contributed by atoms with van der Waals surface area (Å²) in [4.78, 5) is 25.0. The number of nitrogens with zero attached hydrogens (tertiary/aromatic N) is 1. The molecule has 6 nitrogen and oxygen atoms in total. The Morgan fingerprint density at radius 2 is 1.63 bits per heavy atom. The van der Waals surface area contributed by atoms with Gasteiger partial charge in [-0.25, -0.2) is 0 Å². The highest BCUT2D eigenvalue weighted by atomic mass is 16.5. The predicted molar refractivity (Wildman–Crippen MR) is 115 cm³/mol. The Morgan fingerprint density at radius 1 is 0.933 bits per heavy atom. The minimum Gasteiger partial charge on any atom is -0.497 e. The van der Waals surface area contributed by atoms with E-state index >= 15 is 0 Å². The first-order valence-electron chi connectivity index (χ1n) is 9.42. The molecule has 0 atom stereocenters. The smallest absolute Gasteiger partial charge is 0.255 e. The van der Waals surface area contributed by atoms with Crippen molar-refractivity contribution < 1.29 is 14.3 Å². The fraction of sp³-hybridized carbons (Fsp3) is 0.125. The molecule has 3 aromatic rings. The van der Waals surface area contributed by atoms with Crippen molar-refractivity contribution in [3.8, 4) is 11.8 Å². The first-order chi connectivity index (χ1) is 14.6. The van der Waals surface area contributed by atoms with Crippen molar-refractivity contribution in [1.29, 1.82) is 5.26 Å². The third-order valence-corrected chi connectivity index (χ3v) is 4.49. The number of ether oxygens (including phenoxy) is 1. The summed E-state index contributed by atoms with van der Waals surface area (Å²) >= 11 is 0. The molecule has 0 saturated heterocycles. The van der Waals surface area contributed by atoms with E-state index in [1.54, 1.807) is 55.6 Å². The Bertz CT molecular complexity index is 1090. The van der Waals surface area contributed by atoms with E-state index in [0.717, 1.165) is 11.3 Å². The van der Waals surface area contributed by atoms with E-state index in [1.807, 2.05) is 30.3 Å². The van der Waals surface area contributed by atoms with Crippen molar-refractivity contribution in [2.45, 2.75) is 6.42 Å². The van der Waals surface area contributed by atoms with Crippen molar-refractivity contribution in [2.24, 2.45) is 0 Å². The number of carbonyl (C=O) groups excluding carboxylic acids is 2. The number of hydrogen-bond donors (Lipinski definition) is 2. The average molecular weight is 399 g/mol. The SMILES string of the molecule is COc1ccc(CCNC(=O)c2cccc(C(=O)Nc3cccc(C#N)c3)c2)cc1. The fourth-order valence-corrected chi connectivity index (χ4v) is 2.89. The van der Waals surface area contributed by atoms with Crippen LogP contribution in [0.3, 0.4) is 0 Å². The minimum atomic E-state index is -0.349.